The molecule has 2 aromatic carbocycles. The van der Waals surface area contributed by atoms with Crippen LogP contribution in [0, 0.1) is 11.3 Å². The minimum absolute atomic E-state index is 0.181. The molecule has 0 radical (unpaired) electrons. The lowest BCUT2D eigenvalue weighted by Gasteiger charge is -2.04. The molecule has 4 rings (SSSR count). The molecule has 28 heavy (non-hydrogen) atoms. The van der Waals surface area contributed by atoms with Crippen molar-refractivity contribution in [1.82, 2.24) is 10.4 Å². The van der Waals surface area contributed by atoms with Crippen molar-refractivity contribution in [2.45, 2.75) is 0 Å². The van der Waals surface area contributed by atoms with Gasteiger partial charge in [-0.2, -0.15) is 10.4 Å². The number of rotatable bonds is 4. The summed E-state index contributed by atoms with van der Waals surface area (Å²) in [6, 6.07) is 20.5. The number of hydrogen-bond donors (Lipinski definition) is 2. The van der Waals surface area contributed by atoms with E-state index in [9.17, 15) is 4.79 Å². The Balaban J connectivity index is 1.69. The topological polar surface area (TPSA) is 94.2 Å². The molecule has 2 aromatic heterocycles. The van der Waals surface area contributed by atoms with Crippen LogP contribution in [0.2, 0.25) is 0 Å². The molecule has 4 aromatic rings. The molecular formula is C21H13BrN4O2. The first-order valence-electron chi connectivity index (χ1n) is 8.35. The van der Waals surface area contributed by atoms with Crippen LogP contribution < -0.4 is 5.43 Å². The zero-order valence-electron chi connectivity index (χ0n) is 14.4. The van der Waals surface area contributed by atoms with Gasteiger partial charge in [-0.05, 0) is 35.9 Å². The molecular weight excluding hydrogens is 420 g/mol. The highest BCUT2D eigenvalue weighted by Gasteiger charge is 2.19. The molecule has 0 saturated heterocycles. The van der Waals surface area contributed by atoms with Crippen LogP contribution in [0.3, 0.4) is 0 Å². The van der Waals surface area contributed by atoms with Gasteiger partial charge in [0.1, 0.15) is 17.5 Å². The summed E-state index contributed by atoms with van der Waals surface area (Å²) in [4.78, 5) is 16.0. The third-order valence-electron chi connectivity index (χ3n) is 4.15. The Labute approximate surface area is 168 Å². The normalized spacial score (nSPS) is 11.0. The zero-order chi connectivity index (χ0) is 19.5. The molecule has 1 amide bonds. The lowest BCUT2D eigenvalue weighted by atomic mass is 10.0. The summed E-state index contributed by atoms with van der Waals surface area (Å²) in [5, 5.41) is 13.6. The van der Waals surface area contributed by atoms with E-state index in [1.165, 1.54) is 12.3 Å². The van der Waals surface area contributed by atoms with Gasteiger partial charge in [-0.15, -0.1) is 0 Å². The van der Waals surface area contributed by atoms with Gasteiger partial charge in [0.15, 0.2) is 0 Å². The first kappa shape index (κ1) is 17.8. The van der Waals surface area contributed by atoms with Crippen molar-refractivity contribution in [3.05, 3.63) is 82.4 Å². The molecule has 0 aliphatic heterocycles. The summed E-state index contributed by atoms with van der Waals surface area (Å²) >= 11 is 3.49. The molecule has 0 fully saturated rings. The van der Waals surface area contributed by atoms with E-state index in [2.05, 4.69) is 31.4 Å². The highest BCUT2D eigenvalue weighted by molar-refractivity contribution is 9.10. The molecule has 7 heteroatoms. The Morgan fingerprint density at radius 1 is 1.18 bits per heavy atom. The highest BCUT2D eigenvalue weighted by atomic mass is 79.9. The number of fused-ring (bicyclic) bond motifs is 1. The van der Waals surface area contributed by atoms with Crippen LogP contribution in [0.15, 0.2) is 74.7 Å². The Hall–Kier alpha value is -3.63. The molecule has 0 atom stereocenters. The first-order chi connectivity index (χ1) is 13.7. The van der Waals surface area contributed by atoms with Crippen LogP contribution in [-0.4, -0.2) is 17.1 Å². The molecule has 6 nitrogen and oxygen atoms in total. The number of aromatic amines is 1. The van der Waals surface area contributed by atoms with E-state index in [0.717, 1.165) is 26.5 Å². The molecule has 2 N–H and O–H groups in total. The third-order valence-corrected chi connectivity index (χ3v) is 4.64. The van der Waals surface area contributed by atoms with E-state index in [-0.39, 0.29) is 11.7 Å². The second-order valence-corrected chi connectivity index (χ2v) is 6.86. The van der Waals surface area contributed by atoms with Gasteiger partial charge < -0.3 is 9.40 Å². The number of hydrogen-bond acceptors (Lipinski definition) is 4. The predicted octanol–water partition coefficient (Wildman–Crippen LogP) is 4.83. The number of hydrazone groups is 1. The van der Waals surface area contributed by atoms with Gasteiger partial charge in [0.05, 0.1) is 6.21 Å². The predicted molar refractivity (Wildman–Crippen MR) is 110 cm³/mol. The van der Waals surface area contributed by atoms with Crippen molar-refractivity contribution < 1.29 is 9.21 Å². The van der Waals surface area contributed by atoms with E-state index in [1.54, 1.807) is 6.07 Å². The number of aromatic nitrogens is 1. The second kappa shape index (κ2) is 7.55. The van der Waals surface area contributed by atoms with Gasteiger partial charge >= 0.3 is 0 Å². The number of nitrogens with one attached hydrogen (secondary N) is 2. The van der Waals surface area contributed by atoms with E-state index in [1.807, 2.05) is 54.6 Å². The third kappa shape index (κ3) is 3.46. The maximum absolute atomic E-state index is 12.8. The average molecular weight is 433 g/mol. The maximum Gasteiger partial charge on any atom is 0.288 e. The highest BCUT2D eigenvalue weighted by Crippen LogP contribution is 2.34. The van der Waals surface area contributed by atoms with Crippen molar-refractivity contribution in [2.75, 3.05) is 0 Å². The summed E-state index contributed by atoms with van der Waals surface area (Å²) in [5.74, 6) is 0.176. The minimum atomic E-state index is -0.380. The number of nitrogens with zero attached hydrogens (tertiary/aromatic N) is 2. The van der Waals surface area contributed by atoms with Crippen LogP contribution in [0.25, 0.3) is 22.0 Å². The average Bonchev–Trinajstić information content (AvgIpc) is 3.32. The second-order valence-electron chi connectivity index (χ2n) is 5.94. The van der Waals surface area contributed by atoms with Gasteiger partial charge in [0.25, 0.3) is 5.91 Å². The van der Waals surface area contributed by atoms with Crippen LogP contribution in [0.1, 0.15) is 22.0 Å². The monoisotopic (exact) mass is 432 g/mol. The van der Waals surface area contributed by atoms with E-state index < -0.39 is 0 Å². The molecule has 0 bridgehead atoms. The van der Waals surface area contributed by atoms with Crippen LogP contribution in [0.4, 0.5) is 0 Å². The van der Waals surface area contributed by atoms with Gasteiger partial charge in [-0.1, -0.05) is 46.3 Å². The number of benzene rings is 2. The lowest BCUT2D eigenvalue weighted by molar-refractivity contribution is 0.0951. The number of amides is 1. The molecule has 0 spiro atoms. The van der Waals surface area contributed by atoms with E-state index in [0.29, 0.717) is 11.5 Å². The van der Waals surface area contributed by atoms with Crippen molar-refractivity contribution >= 4 is 39.0 Å². The van der Waals surface area contributed by atoms with Crippen LogP contribution >= 0.6 is 15.9 Å². The molecule has 2 heterocycles. The smallest absolute Gasteiger partial charge is 0.288 e. The minimum Gasteiger partial charge on any atom is -0.445 e. The summed E-state index contributed by atoms with van der Waals surface area (Å²) in [7, 11) is 0. The number of furan rings is 1. The summed E-state index contributed by atoms with van der Waals surface area (Å²) in [6.45, 7) is 0. The van der Waals surface area contributed by atoms with Crippen LogP contribution in [-0.2, 0) is 0 Å². The molecule has 0 aliphatic rings. The van der Waals surface area contributed by atoms with Crippen molar-refractivity contribution in [3.8, 4) is 17.2 Å². The maximum atomic E-state index is 12.8. The fraction of sp³-hybridized carbons (Fsp3) is 0. The van der Waals surface area contributed by atoms with Crippen LogP contribution in [0.5, 0.6) is 0 Å². The standard InChI is InChI=1S/C21H13BrN4O2/c22-14-6-9-18-17(10-14)19(13-4-2-1-3-5-13)20(25-18)21(27)26-24-12-16-8-7-15(11-23)28-16/h1-10,12,25H,(H,26,27)/b24-12+. The Kier molecular flexibility index (Phi) is 4.79. The lowest BCUT2D eigenvalue weighted by Crippen LogP contribution is -2.18. The molecule has 0 saturated carbocycles. The number of carbonyl (C=O) groups is 1. The molecule has 136 valence electrons. The number of carbonyl (C=O) groups excluding carboxylic acids is 1. The fourth-order valence-corrected chi connectivity index (χ4v) is 3.29. The first-order valence-corrected chi connectivity index (χ1v) is 9.15. The largest absolute Gasteiger partial charge is 0.445 e. The SMILES string of the molecule is N#Cc1ccc(/C=N/NC(=O)c2[nH]c3ccc(Br)cc3c2-c2ccccc2)o1. The van der Waals surface area contributed by atoms with Gasteiger partial charge in [0.2, 0.25) is 5.76 Å². The molecule has 0 unspecified atom stereocenters. The Morgan fingerprint density at radius 2 is 2.00 bits per heavy atom. The van der Waals surface area contributed by atoms with Crippen molar-refractivity contribution in [2.24, 2.45) is 5.10 Å². The summed E-state index contributed by atoms with van der Waals surface area (Å²) < 4.78 is 6.12. The van der Waals surface area contributed by atoms with Gasteiger partial charge in [-0.3, -0.25) is 4.79 Å². The van der Waals surface area contributed by atoms with E-state index >= 15 is 0 Å². The molecule has 0 aliphatic carbocycles. The fourth-order valence-electron chi connectivity index (χ4n) is 2.93. The zero-order valence-corrected chi connectivity index (χ0v) is 16.0. The number of nitriles is 1. The van der Waals surface area contributed by atoms with Gasteiger partial charge in [0, 0.05) is 20.9 Å². The Bertz CT molecular complexity index is 1230. The quantitative estimate of drug-likeness (QED) is 0.357. The summed E-state index contributed by atoms with van der Waals surface area (Å²) in [5.41, 5.74) is 5.49. The Morgan fingerprint density at radius 3 is 2.75 bits per heavy atom. The summed E-state index contributed by atoms with van der Waals surface area (Å²) in [6.07, 6.45) is 1.35. The number of H-pyrrole nitrogens is 1. The van der Waals surface area contributed by atoms with Gasteiger partial charge in [-0.25, -0.2) is 5.43 Å². The number of halogens is 1. The van der Waals surface area contributed by atoms with Crippen molar-refractivity contribution in [1.29, 1.82) is 5.26 Å². The van der Waals surface area contributed by atoms with Crippen molar-refractivity contribution in [3.63, 3.8) is 0 Å². The van der Waals surface area contributed by atoms with E-state index in [4.69, 9.17) is 9.68 Å².